The van der Waals surface area contributed by atoms with Gasteiger partial charge >= 0.3 is 0 Å². The SMILES string of the molecule is NC[C@@H]1CCN(C(=O)[C@H]2C[C@H]2C2CCCCC2)C1. The molecular weight excluding hydrogens is 224 g/mol. The van der Waals surface area contributed by atoms with Crippen LogP contribution in [0, 0.1) is 23.7 Å². The van der Waals surface area contributed by atoms with Crippen LogP contribution in [0.4, 0.5) is 0 Å². The summed E-state index contributed by atoms with van der Waals surface area (Å²) in [5.74, 6) is 2.97. The van der Waals surface area contributed by atoms with Crippen molar-refractivity contribution in [3.63, 3.8) is 0 Å². The predicted molar refractivity (Wildman–Crippen MR) is 71.9 cm³/mol. The quantitative estimate of drug-likeness (QED) is 0.833. The second-order valence-corrected chi connectivity index (χ2v) is 6.58. The lowest BCUT2D eigenvalue weighted by molar-refractivity contribution is -0.132. The number of carbonyl (C=O) groups is 1. The van der Waals surface area contributed by atoms with Gasteiger partial charge in [-0.1, -0.05) is 32.1 Å². The third kappa shape index (κ3) is 2.42. The van der Waals surface area contributed by atoms with Gasteiger partial charge in [0.2, 0.25) is 5.91 Å². The van der Waals surface area contributed by atoms with Gasteiger partial charge in [-0.2, -0.15) is 0 Å². The van der Waals surface area contributed by atoms with Crippen LogP contribution < -0.4 is 5.73 Å². The Morgan fingerprint density at radius 3 is 2.61 bits per heavy atom. The van der Waals surface area contributed by atoms with Crippen molar-refractivity contribution in [3.05, 3.63) is 0 Å². The molecule has 0 bridgehead atoms. The zero-order chi connectivity index (χ0) is 12.5. The molecule has 3 rings (SSSR count). The molecule has 0 spiro atoms. The lowest BCUT2D eigenvalue weighted by Gasteiger charge is -2.22. The summed E-state index contributed by atoms with van der Waals surface area (Å²) in [5, 5.41) is 0. The van der Waals surface area contributed by atoms with Crippen LogP contribution >= 0.6 is 0 Å². The van der Waals surface area contributed by atoms with Crippen molar-refractivity contribution in [2.45, 2.75) is 44.9 Å². The third-order valence-corrected chi connectivity index (χ3v) is 5.34. The minimum absolute atomic E-state index is 0.379. The minimum Gasteiger partial charge on any atom is -0.342 e. The molecule has 1 amide bonds. The van der Waals surface area contributed by atoms with Crippen LogP contribution in [0.1, 0.15) is 44.9 Å². The van der Waals surface area contributed by atoms with Gasteiger partial charge in [-0.15, -0.1) is 0 Å². The van der Waals surface area contributed by atoms with Crippen molar-refractivity contribution in [3.8, 4) is 0 Å². The Hall–Kier alpha value is -0.570. The van der Waals surface area contributed by atoms with Crippen molar-refractivity contribution in [2.75, 3.05) is 19.6 Å². The molecule has 0 radical (unpaired) electrons. The van der Waals surface area contributed by atoms with E-state index in [2.05, 4.69) is 4.90 Å². The fourth-order valence-electron chi connectivity index (χ4n) is 4.04. The molecule has 3 aliphatic rings. The first kappa shape index (κ1) is 12.5. The molecule has 2 saturated carbocycles. The van der Waals surface area contributed by atoms with Crippen LogP contribution in [0.15, 0.2) is 0 Å². The van der Waals surface area contributed by atoms with Crippen molar-refractivity contribution in [1.29, 1.82) is 0 Å². The summed E-state index contributed by atoms with van der Waals surface area (Å²) >= 11 is 0. The van der Waals surface area contributed by atoms with E-state index in [1.807, 2.05) is 0 Å². The van der Waals surface area contributed by atoms with Crippen molar-refractivity contribution < 1.29 is 4.79 Å². The van der Waals surface area contributed by atoms with E-state index >= 15 is 0 Å². The number of hydrogen-bond donors (Lipinski definition) is 1. The summed E-state index contributed by atoms with van der Waals surface area (Å²) in [6.07, 6.45) is 9.23. The number of hydrogen-bond acceptors (Lipinski definition) is 2. The van der Waals surface area contributed by atoms with Crippen LogP contribution in [0.25, 0.3) is 0 Å². The summed E-state index contributed by atoms with van der Waals surface area (Å²) in [4.78, 5) is 14.5. The van der Waals surface area contributed by atoms with Crippen LogP contribution in [0.3, 0.4) is 0 Å². The molecule has 0 aromatic heterocycles. The standard InChI is InChI=1S/C15H26N2O/c16-9-11-6-7-17(10-11)15(18)14-8-13(14)12-4-2-1-3-5-12/h11-14H,1-10,16H2/t11-,13-,14-/m0/s1. The number of nitrogens with zero attached hydrogens (tertiary/aromatic N) is 1. The zero-order valence-electron chi connectivity index (χ0n) is 11.3. The van der Waals surface area contributed by atoms with Crippen LogP contribution in [-0.2, 0) is 4.79 Å². The molecule has 3 nitrogen and oxygen atoms in total. The lowest BCUT2D eigenvalue weighted by Crippen LogP contribution is -2.32. The first-order valence-corrected chi connectivity index (χ1v) is 7.78. The minimum atomic E-state index is 0.379. The highest BCUT2D eigenvalue weighted by Crippen LogP contribution is 2.50. The molecule has 18 heavy (non-hydrogen) atoms. The largest absolute Gasteiger partial charge is 0.342 e. The second-order valence-electron chi connectivity index (χ2n) is 6.58. The lowest BCUT2D eigenvalue weighted by atomic mass is 9.85. The van der Waals surface area contributed by atoms with E-state index in [4.69, 9.17) is 5.73 Å². The Morgan fingerprint density at radius 2 is 1.94 bits per heavy atom. The topological polar surface area (TPSA) is 46.3 Å². The Morgan fingerprint density at radius 1 is 1.17 bits per heavy atom. The molecule has 0 aromatic carbocycles. The Balaban J connectivity index is 1.50. The average molecular weight is 250 g/mol. The van der Waals surface area contributed by atoms with E-state index in [0.29, 0.717) is 17.7 Å². The monoisotopic (exact) mass is 250 g/mol. The predicted octanol–water partition coefficient (Wildman–Crippen LogP) is 2.01. The molecule has 102 valence electrons. The van der Waals surface area contributed by atoms with Gasteiger partial charge in [-0.25, -0.2) is 0 Å². The highest BCUT2D eigenvalue weighted by atomic mass is 16.2. The summed E-state index contributed by atoms with van der Waals surface area (Å²) in [6.45, 7) is 2.61. The number of nitrogens with two attached hydrogens (primary N) is 1. The molecule has 3 fully saturated rings. The fourth-order valence-corrected chi connectivity index (χ4v) is 4.04. The molecular formula is C15H26N2O. The van der Waals surface area contributed by atoms with Crippen LogP contribution in [-0.4, -0.2) is 30.4 Å². The van der Waals surface area contributed by atoms with Gasteiger partial charge < -0.3 is 10.6 Å². The molecule has 1 saturated heterocycles. The number of carbonyl (C=O) groups excluding carboxylic acids is 1. The number of rotatable bonds is 3. The molecule has 0 aromatic rings. The van der Waals surface area contributed by atoms with Gasteiger partial charge in [0.15, 0.2) is 0 Å². The fraction of sp³-hybridized carbons (Fsp3) is 0.933. The Labute approximate surface area is 110 Å². The van der Waals surface area contributed by atoms with E-state index in [9.17, 15) is 4.79 Å². The van der Waals surface area contributed by atoms with Crippen molar-refractivity contribution in [2.24, 2.45) is 29.4 Å². The van der Waals surface area contributed by atoms with Gasteiger partial charge in [0.05, 0.1) is 0 Å². The molecule has 2 N–H and O–H groups in total. The molecule has 3 atom stereocenters. The maximum atomic E-state index is 12.4. The van der Waals surface area contributed by atoms with Gasteiger partial charge in [0.25, 0.3) is 0 Å². The van der Waals surface area contributed by atoms with Gasteiger partial charge in [0.1, 0.15) is 0 Å². The summed E-state index contributed by atoms with van der Waals surface area (Å²) < 4.78 is 0. The maximum Gasteiger partial charge on any atom is 0.225 e. The molecule has 0 unspecified atom stereocenters. The molecule has 3 heteroatoms. The summed E-state index contributed by atoms with van der Waals surface area (Å²) in [7, 11) is 0. The van der Waals surface area contributed by atoms with Crippen LogP contribution in [0.5, 0.6) is 0 Å². The Kier molecular flexibility index (Phi) is 3.60. The first-order chi connectivity index (χ1) is 8.79. The normalized spacial score (nSPS) is 36.9. The van der Waals surface area contributed by atoms with Gasteiger partial charge in [-0.3, -0.25) is 4.79 Å². The van der Waals surface area contributed by atoms with E-state index < -0.39 is 0 Å². The Bertz CT molecular complexity index is 312. The molecule has 2 aliphatic carbocycles. The number of amides is 1. The average Bonchev–Trinajstić information content (AvgIpc) is 3.08. The summed E-state index contributed by atoms with van der Waals surface area (Å²) in [5.41, 5.74) is 5.69. The van der Waals surface area contributed by atoms with Crippen LogP contribution in [0.2, 0.25) is 0 Å². The van der Waals surface area contributed by atoms with E-state index in [-0.39, 0.29) is 0 Å². The van der Waals surface area contributed by atoms with Crippen molar-refractivity contribution >= 4 is 5.91 Å². The van der Waals surface area contributed by atoms with E-state index in [1.165, 1.54) is 38.5 Å². The highest BCUT2D eigenvalue weighted by molar-refractivity contribution is 5.82. The second kappa shape index (κ2) is 5.20. The van der Waals surface area contributed by atoms with Gasteiger partial charge in [0, 0.05) is 19.0 Å². The van der Waals surface area contributed by atoms with Gasteiger partial charge in [-0.05, 0) is 37.1 Å². The smallest absolute Gasteiger partial charge is 0.225 e. The molecule has 1 aliphatic heterocycles. The molecule has 1 heterocycles. The number of likely N-dealkylation sites (tertiary alicyclic amines) is 1. The zero-order valence-corrected chi connectivity index (χ0v) is 11.3. The van der Waals surface area contributed by atoms with E-state index in [0.717, 1.165) is 37.9 Å². The highest BCUT2D eigenvalue weighted by Gasteiger charge is 2.49. The third-order valence-electron chi connectivity index (χ3n) is 5.34. The van der Waals surface area contributed by atoms with Crippen molar-refractivity contribution in [1.82, 2.24) is 4.90 Å². The summed E-state index contributed by atoms with van der Waals surface area (Å²) in [6, 6.07) is 0. The first-order valence-electron chi connectivity index (χ1n) is 7.78. The van der Waals surface area contributed by atoms with E-state index in [1.54, 1.807) is 0 Å². The maximum absolute atomic E-state index is 12.4.